The van der Waals surface area contributed by atoms with Crippen molar-refractivity contribution in [1.82, 2.24) is 10.0 Å². The minimum absolute atomic E-state index is 0.0748. The van der Waals surface area contributed by atoms with Crippen molar-refractivity contribution < 1.29 is 23.1 Å². The van der Waals surface area contributed by atoms with E-state index in [-0.39, 0.29) is 10.9 Å². The number of carboxylic acids is 1. The molecule has 0 aliphatic rings. The molecule has 0 aliphatic heterocycles. The molecule has 12 heteroatoms. The normalized spacial score (nSPS) is 12.0. The summed E-state index contributed by atoms with van der Waals surface area (Å²) in [5.41, 5.74) is 12.1. The molecule has 0 saturated heterocycles. The van der Waals surface area contributed by atoms with Crippen LogP contribution in [0.5, 0.6) is 0 Å². The van der Waals surface area contributed by atoms with Gasteiger partial charge in [-0.2, -0.15) is 4.72 Å². The van der Waals surface area contributed by atoms with Crippen LogP contribution >= 0.6 is 11.3 Å². The largest absolute Gasteiger partial charge is 0.480 e. The fraction of sp³-hybridized carbons (Fsp3) is 0.0952. The number of guanidine groups is 1. The molecule has 0 spiro atoms. The van der Waals surface area contributed by atoms with E-state index in [1.54, 1.807) is 36.4 Å². The third-order valence-electron chi connectivity index (χ3n) is 4.33. The Morgan fingerprint density at radius 3 is 2.42 bits per heavy atom. The number of carbonyl (C=O) groups is 2. The maximum absolute atomic E-state index is 12.5. The highest BCUT2D eigenvalue weighted by Gasteiger charge is 2.26. The van der Waals surface area contributed by atoms with Gasteiger partial charge < -0.3 is 21.9 Å². The van der Waals surface area contributed by atoms with Crippen molar-refractivity contribution in [1.29, 1.82) is 0 Å². The molecule has 1 heterocycles. The van der Waals surface area contributed by atoms with E-state index in [0.29, 0.717) is 10.6 Å². The molecule has 1 aromatic heterocycles. The van der Waals surface area contributed by atoms with Crippen LogP contribution < -0.4 is 21.5 Å². The van der Waals surface area contributed by atoms with Crippen molar-refractivity contribution >= 4 is 44.9 Å². The number of sulfonamides is 1. The minimum Gasteiger partial charge on any atom is -0.480 e. The Bertz CT molecular complexity index is 1290. The zero-order chi connectivity index (χ0) is 24.0. The number of thiophene rings is 1. The highest BCUT2D eigenvalue weighted by molar-refractivity contribution is 7.89. The third-order valence-corrected chi connectivity index (χ3v) is 6.96. The summed E-state index contributed by atoms with van der Waals surface area (Å²) in [6, 6.07) is 16.2. The van der Waals surface area contributed by atoms with Crippen molar-refractivity contribution in [3.8, 4) is 10.4 Å². The van der Waals surface area contributed by atoms with Crippen LogP contribution in [0.3, 0.4) is 0 Å². The van der Waals surface area contributed by atoms with Crippen LogP contribution in [0.1, 0.15) is 9.67 Å². The number of rotatable bonds is 9. The molecule has 2 aromatic carbocycles. The number of hydrogen-bond acceptors (Lipinski definition) is 6. The van der Waals surface area contributed by atoms with Crippen LogP contribution in [-0.2, 0) is 14.8 Å². The summed E-state index contributed by atoms with van der Waals surface area (Å²) in [4.78, 5) is 29.1. The van der Waals surface area contributed by atoms with E-state index < -0.39 is 34.5 Å². The molecule has 1 atom stereocenters. The summed E-state index contributed by atoms with van der Waals surface area (Å²) in [6.07, 6.45) is 0. The molecule has 0 saturated carbocycles. The van der Waals surface area contributed by atoms with Gasteiger partial charge in [-0.15, -0.1) is 11.3 Å². The van der Waals surface area contributed by atoms with Gasteiger partial charge in [0.15, 0.2) is 5.96 Å². The lowest BCUT2D eigenvalue weighted by Gasteiger charge is -2.15. The second-order valence-corrected chi connectivity index (χ2v) is 9.58. The molecule has 0 unspecified atom stereocenters. The maximum Gasteiger partial charge on any atom is 0.323 e. The number of carbonyl (C=O) groups excluding carboxylic acids is 1. The summed E-state index contributed by atoms with van der Waals surface area (Å²) in [5.74, 6) is -2.02. The fourth-order valence-electron chi connectivity index (χ4n) is 2.81. The van der Waals surface area contributed by atoms with Crippen molar-refractivity contribution in [2.75, 3.05) is 6.54 Å². The Morgan fingerprint density at radius 2 is 1.76 bits per heavy atom. The number of aliphatic carboxylic acids is 1. The monoisotopic (exact) mass is 487 g/mol. The van der Waals surface area contributed by atoms with Gasteiger partial charge in [0.05, 0.1) is 15.5 Å². The van der Waals surface area contributed by atoms with Crippen LogP contribution in [0.15, 0.2) is 76.6 Å². The minimum atomic E-state index is -4.07. The van der Waals surface area contributed by atoms with E-state index in [0.717, 1.165) is 10.4 Å². The van der Waals surface area contributed by atoms with Gasteiger partial charge in [0, 0.05) is 11.4 Å². The second kappa shape index (κ2) is 10.3. The van der Waals surface area contributed by atoms with Gasteiger partial charge in [-0.05, 0) is 42.0 Å². The first kappa shape index (κ1) is 23.9. The van der Waals surface area contributed by atoms with Crippen LogP contribution in [0.4, 0.5) is 5.69 Å². The van der Waals surface area contributed by atoms with Gasteiger partial charge in [-0.3, -0.25) is 9.59 Å². The van der Waals surface area contributed by atoms with Gasteiger partial charge >= 0.3 is 5.97 Å². The number of nitrogens with zero attached hydrogens (tertiary/aromatic N) is 1. The van der Waals surface area contributed by atoms with Crippen molar-refractivity contribution in [2.45, 2.75) is 10.9 Å². The highest BCUT2D eigenvalue weighted by atomic mass is 32.2. The third kappa shape index (κ3) is 6.38. The number of carboxylic acid groups (broad SMARTS) is 1. The van der Waals surface area contributed by atoms with E-state index in [4.69, 9.17) is 11.5 Å². The maximum atomic E-state index is 12.5. The number of nitrogens with one attached hydrogen (secondary N) is 2. The van der Waals surface area contributed by atoms with Gasteiger partial charge in [-0.1, -0.05) is 30.3 Å². The van der Waals surface area contributed by atoms with Crippen LogP contribution in [0, 0.1) is 0 Å². The van der Waals surface area contributed by atoms with Gasteiger partial charge in [0.1, 0.15) is 6.04 Å². The summed E-state index contributed by atoms with van der Waals surface area (Å²) in [7, 11) is -4.07. The number of benzene rings is 2. The Kier molecular flexibility index (Phi) is 7.43. The number of amides is 1. The molecule has 10 nitrogen and oxygen atoms in total. The summed E-state index contributed by atoms with van der Waals surface area (Å²) in [5, 5.41) is 11.9. The summed E-state index contributed by atoms with van der Waals surface area (Å²) < 4.78 is 26.9. The fourth-order valence-corrected chi connectivity index (χ4v) is 4.94. The SMILES string of the molecule is NC(N)=Nc1cccc(-c2ccc(C(=O)NC[C@H](NS(=O)(=O)c3ccccc3)C(=O)O)s2)c1. The van der Waals surface area contributed by atoms with Crippen LogP contribution in [-0.4, -0.2) is 43.9 Å². The van der Waals surface area contributed by atoms with E-state index in [2.05, 4.69) is 15.0 Å². The van der Waals surface area contributed by atoms with Gasteiger partial charge in [0.2, 0.25) is 10.0 Å². The lowest BCUT2D eigenvalue weighted by Crippen LogP contribution is -2.48. The standard InChI is InChI=1S/C21H21N5O5S2/c22-21(23)25-14-6-4-5-13(11-14)17-9-10-18(32-17)19(27)24-12-16(20(28)29)26-33(30,31)15-7-2-1-3-8-15/h1-11,16,26H,12H2,(H,24,27)(H,28,29)(H4,22,23,25)/t16-/m0/s1. The van der Waals surface area contributed by atoms with Crippen molar-refractivity contribution in [3.05, 3.63) is 71.6 Å². The first-order chi connectivity index (χ1) is 15.7. The Labute approximate surface area is 194 Å². The van der Waals surface area contributed by atoms with E-state index >= 15 is 0 Å². The first-order valence-corrected chi connectivity index (χ1v) is 11.8. The quantitative estimate of drug-likeness (QED) is 0.224. The molecule has 0 radical (unpaired) electrons. The van der Waals surface area contributed by atoms with Crippen molar-refractivity contribution in [3.63, 3.8) is 0 Å². The molecule has 3 rings (SSSR count). The van der Waals surface area contributed by atoms with E-state index in [9.17, 15) is 23.1 Å². The molecular formula is C21H21N5O5S2. The highest BCUT2D eigenvalue weighted by Crippen LogP contribution is 2.30. The van der Waals surface area contributed by atoms with Gasteiger partial charge in [0.25, 0.3) is 5.91 Å². The lowest BCUT2D eigenvalue weighted by atomic mass is 10.1. The average molecular weight is 488 g/mol. The first-order valence-electron chi connectivity index (χ1n) is 9.54. The molecule has 0 fully saturated rings. The van der Waals surface area contributed by atoms with Gasteiger partial charge in [-0.25, -0.2) is 13.4 Å². The van der Waals surface area contributed by atoms with E-state index in [1.165, 1.54) is 35.6 Å². The second-order valence-electron chi connectivity index (χ2n) is 6.79. The molecule has 172 valence electrons. The number of hydrogen-bond donors (Lipinski definition) is 5. The molecule has 7 N–H and O–H groups in total. The molecule has 33 heavy (non-hydrogen) atoms. The Morgan fingerprint density at radius 1 is 1.03 bits per heavy atom. The Balaban J connectivity index is 1.68. The zero-order valence-electron chi connectivity index (χ0n) is 17.1. The predicted octanol–water partition coefficient (Wildman–Crippen LogP) is 1.48. The molecule has 3 aromatic rings. The van der Waals surface area contributed by atoms with E-state index in [1.807, 2.05) is 6.07 Å². The summed E-state index contributed by atoms with van der Waals surface area (Å²) in [6.45, 7) is -0.437. The average Bonchev–Trinajstić information content (AvgIpc) is 3.27. The van der Waals surface area contributed by atoms with Crippen LogP contribution in [0.25, 0.3) is 10.4 Å². The Hall–Kier alpha value is -3.74. The molecule has 1 amide bonds. The summed E-state index contributed by atoms with van der Waals surface area (Å²) >= 11 is 1.18. The molecule has 0 bridgehead atoms. The molecule has 0 aliphatic carbocycles. The predicted molar refractivity (Wildman–Crippen MR) is 126 cm³/mol. The smallest absolute Gasteiger partial charge is 0.323 e. The number of aliphatic imine (C=N–C) groups is 1. The van der Waals surface area contributed by atoms with Crippen LogP contribution in [0.2, 0.25) is 0 Å². The zero-order valence-corrected chi connectivity index (χ0v) is 18.8. The lowest BCUT2D eigenvalue weighted by molar-refractivity contribution is -0.138. The molecular weight excluding hydrogens is 466 g/mol. The topological polar surface area (TPSA) is 177 Å². The van der Waals surface area contributed by atoms with Crippen molar-refractivity contribution in [2.24, 2.45) is 16.5 Å². The number of nitrogens with two attached hydrogens (primary N) is 2.